The molecule has 0 aromatic heterocycles. The maximum absolute atomic E-state index is 6.95. The standard InChI is InChI=1S/C45H67ClO5Si2/c1-33-34(2)50-53(48-10)28-12-14-36-17-23-39(24-18-36)42(43(31-45(6,7)8)40-25-19-37(32-46)20-26-40)29-41(30-44(3,4)5)38-21-15-35(16-22-38)13-11-27-52(47-9,49-33)51-53/h15-26,33-34,41-43H,11-14,27-32H2,1-10H3/t33-,34+,41?,42?,43?,52?,53?/m1/s1. The van der Waals surface area contributed by atoms with Crippen molar-refractivity contribution in [2.75, 3.05) is 14.2 Å². The lowest BCUT2D eigenvalue weighted by Gasteiger charge is -2.37. The fraction of sp³-hybridized carbons (Fsp3) is 0.600. The first-order valence-corrected chi connectivity index (χ1v) is 24.4. The fourth-order valence-electron chi connectivity index (χ4n) is 8.47. The van der Waals surface area contributed by atoms with E-state index in [0.29, 0.717) is 29.7 Å². The van der Waals surface area contributed by atoms with Crippen LogP contribution in [0.2, 0.25) is 12.1 Å². The van der Waals surface area contributed by atoms with Gasteiger partial charge in [0.2, 0.25) is 0 Å². The molecule has 7 rings (SSSR count). The highest BCUT2D eigenvalue weighted by Crippen LogP contribution is 2.48. The van der Waals surface area contributed by atoms with E-state index in [1.165, 1.54) is 33.4 Å². The zero-order valence-electron chi connectivity index (χ0n) is 34.3. The van der Waals surface area contributed by atoms with Gasteiger partial charge in [0.05, 0.1) is 12.2 Å². The van der Waals surface area contributed by atoms with Crippen molar-refractivity contribution in [3.63, 3.8) is 0 Å². The van der Waals surface area contributed by atoms with Gasteiger partial charge < -0.3 is 21.8 Å². The largest absolute Gasteiger partial charge is 0.493 e. The first-order chi connectivity index (χ1) is 25.1. The van der Waals surface area contributed by atoms with E-state index in [1.54, 1.807) is 14.2 Å². The Hall–Kier alpha value is -1.82. The molecular formula is C45H67ClO5Si2. The number of rotatable bonds is 7. The molecule has 53 heavy (non-hydrogen) atoms. The van der Waals surface area contributed by atoms with Crippen LogP contribution in [0.15, 0.2) is 72.8 Å². The molecule has 4 aliphatic heterocycles. The lowest BCUT2D eigenvalue weighted by Crippen LogP contribution is -2.56. The molecular weight excluding hydrogens is 712 g/mol. The molecule has 1 fully saturated rings. The van der Waals surface area contributed by atoms with Crippen LogP contribution in [-0.2, 0) is 40.5 Å². The van der Waals surface area contributed by atoms with Gasteiger partial charge in [0, 0.05) is 32.2 Å². The predicted octanol–water partition coefficient (Wildman–Crippen LogP) is 12.2. The Morgan fingerprint density at radius 3 is 1.62 bits per heavy atom. The number of alkyl halides is 1. The zero-order chi connectivity index (χ0) is 38.4. The molecule has 5 unspecified atom stereocenters. The third kappa shape index (κ3) is 11.6. The summed E-state index contributed by atoms with van der Waals surface area (Å²) in [5.41, 5.74) is 8.42. The summed E-state index contributed by atoms with van der Waals surface area (Å²) in [5.74, 6) is 1.65. The monoisotopic (exact) mass is 778 g/mol. The Bertz CT molecular complexity index is 1570. The molecule has 5 nitrogen and oxygen atoms in total. The van der Waals surface area contributed by atoms with E-state index in [2.05, 4.69) is 128 Å². The molecule has 4 aliphatic rings. The van der Waals surface area contributed by atoms with Gasteiger partial charge in [0.1, 0.15) is 0 Å². The van der Waals surface area contributed by atoms with Gasteiger partial charge in [-0.3, -0.25) is 0 Å². The Labute approximate surface area is 329 Å². The molecule has 6 bridgehead atoms. The van der Waals surface area contributed by atoms with Crippen molar-refractivity contribution in [1.29, 1.82) is 0 Å². The van der Waals surface area contributed by atoms with Crippen molar-refractivity contribution in [1.82, 2.24) is 0 Å². The van der Waals surface area contributed by atoms with E-state index in [1.807, 2.05) is 0 Å². The molecule has 0 saturated carbocycles. The van der Waals surface area contributed by atoms with Gasteiger partial charge in [0.15, 0.2) is 0 Å². The molecule has 8 heteroatoms. The number of halogens is 1. The normalized spacial score (nSPS) is 28.4. The number of hydrogen-bond donors (Lipinski definition) is 0. The summed E-state index contributed by atoms with van der Waals surface area (Å²) in [5, 5.41) is 0. The van der Waals surface area contributed by atoms with Crippen LogP contribution in [0.3, 0.4) is 0 Å². The number of hydrogen-bond acceptors (Lipinski definition) is 5. The molecule has 0 spiro atoms. The molecule has 292 valence electrons. The van der Waals surface area contributed by atoms with E-state index in [9.17, 15) is 0 Å². The lowest BCUT2D eigenvalue weighted by molar-refractivity contribution is 0.0416. The minimum absolute atomic E-state index is 0.146. The van der Waals surface area contributed by atoms with Gasteiger partial charge in [0.25, 0.3) is 0 Å². The minimum atomic E-state index is -3.08. The van der Waals surface area contributed by atoms with Crippen LogP contribution >= 0.6 is 11.6 Å². The van der Waals surface area contributed by atoms with Gasteiger partial charge in [-0.15, -0.1) is 11.6 Å². The second-order valence-corrected chi connectivity index (χ2v) is 24.4. The van der Waals surface area contributed by atoms with Crippen molar-refractivity contribution < 1.29 is 21.8 Å². The molecule has 1 saturated heterocycles. The third-order valence-corrected chi connectivity index (χ3v) is 18.8. The van der Waals surface area contributed by atoms with Crippen molar-refractivity contribution in [3.05, 3.63) is 106 Å². The maximum atomic E-state index is 6.95. The van der Waals surface area contributed by atoms with Crippen molar-refractivity contribution >= 4 is 29.2 Å². The summed E-state index contributed by atoms with van der Waals surface area (Å²) in [7, 11) is -2.68. The summed E-state index contributed by atoms with van der Waals surface area (Å²) in [6, 6.07) is 29.6. The second kappa shape index (κ2) is 18.0. The molecule has 3 aromatic carbocycles. The smallest absolute Gasteiger partial charge is 0.377 e. The zero-order valence-corrected chi connectivity index (χ0v) is 37.1. The van der Waals surface area contributed by atoms with E-state index >= 15 is 0 Å². The molecule has 0 aliphatic carbocycles. The average Bonchev–Trinajstić information content (AvgIpc) is 3.22. The molecule has 0 N–H and O–H groups in total. The molecule has 0 amide bonds. The van der Waals surface area contributed by atoms with Gasteiger partial charge >= 0.3 is 17.6 Å². The molecule has 3 aromatic rings. The fourth-order valence-corrected chi connectivity index (χ4v) is 16.0. The van der Waals surface area contributed by atoms with Crippen molar-refractivity contribution in [2.24, 2.45) is 10.8 Å². The summed E-state index contributed by atoms with van der Waals surface area (Å²) in [6.45, 7) is 18.5. The first-order valence-electron chi connectivity index (χ1n) is 20.0. The summed E-state index contributed by atoms with van der Waals surface area (Å²) < 4.78 is 32.7. The van der Waals surface area contributed by atoms with Crippen LogP contribution in [0.4, 0.5) is 0 Å². The average molecular weight is 780 g/mol. The molecule has 0 radical (unpaired) electrons. The predicted molar refractivity (Wildman–Crippen MR) is 224 cm³/mol. The maximum Gasteiger partial charge on any atom is 0.493 e. The Kier molecular flexibility index (Phi) is 14.4. The number of fused-ring (bicyclic) bond motifs is 2. The Morgan fingerprint density at radius 2 is 1.19 bits per heavy atom. The first kappa shape index (κ1) is 42.3. The van der Waals surface area contributed by atoms with E-state index in [4.69, 9.17) is 33.4 Å². The van der Waals surface area contributed by atoms with Crippen LogP contribution in [0.25, 0.3) is 0 Å². The van der Waals surface area contributed by atoms with E-state index < -0.39 is 17.6 Å². The van der Waals surface area contributed by atoms with Gasteiger partial charge in [-0.1, -0.05) is 114 Å². The summed E-state index contributed by atoms with van der Waals surface area (Å²) in [4.78, 5) is 0. The minimum Gasteiger partial charge on any atom is -0.377 e. The quantitative estimate of drug-likeness (QED) is 0.177. The highest BCUT2D eigenvalue weighted by Gasteiger charge is 2.57. The van der Waals surface area contributed by atoms with E-state index in [-0.39, 0.29) is 23.0 Å². The van der Waals surface area contributed by atoms with Crippen molar-refractivity contribution in [3.8, 4) is 0 Å². The molecule has 7 atom stereocenters. The van der Waals surface area contributed by atoms with Crippen LogP contribution in [0.5, 0.6) is 0 Å². The van der Waals surface area contributed by atoms with Crippen LogP contribution in [0.1, 0.15) is 139 Å². The van der Waals surface area contributed by atoms with Crippen molar-refractivity contribution in [2.45, 2.75) is 148 Å². The SMILES string of the molecule is CO[Si]12CCCc3ccc(cc3)C(C(CC(C)(C)C)c3ccc(CCl)cc3)CC(CC(C)(C)C)c3ccc(cc3)CCC[Si](OC)(O[C@H](C)[C@H](C)O1)O2. The molecule has 4 heterocycles. The second-order valence-electron chi connectivity index (χ2n) is 18.3. The van der Waals surface area contributed by atoms with Gasteiger partial charge in [-0.05, 0) is 121 Å². The summed E-state index contributed by atoms with van der Waals surface area (Å²) >= 11 is 6.27. The van der Waals surface area contributed by atoms with E-state index in [0.717, 1.165) is 51.0 Å². The number of aryl methyl sites for hydroxylation is 2. The van der Waals surface area contributed by atoms with Crippen LogP contribution < -0.4 is 0 Å². The highest BCUT2D eigenvalue weighted by molar-refractivity contribution is 6.75. The van der Waals surface area contributed by atoms with Gasteiger partial charge in [-0.2, -0.15) is 0 Å². The number of benzene rings is 3. The van der Waals surface area contributed by atoms with Crippen LogP contribution in [-0.4, -0.2) is 44.0 Å². The topological polar surface area (TPSA) is 46.2 Å². The third-order valence-electron chi connectivity index (χ3n) is 11.4. The highest BCUT2D eigenvalue weighted by atomic mass is 35.5. The lowest BCUT2D eigenvalue weighted by atomic mass is 9.67. The Morgan fingerprint density at radius 1 is 0.698 bits per heavy atom. The van der Waals surface area contributed by atoms with Gasteiger partial charge in [-0.25, -0.2) is 0 Å². The van der Waals surface area contributed by atoms with Crippen LogP contribution in [0, 0.1) is 10.8 Å². The Balaban J connectivity index is 1.59. The summed E-state index contributed by atoms with van der Waals surface area (Å²) in [6.07, 6.45) is 6.67.